The average molecular weight is 316 g/mol. The molecule has 0 spiro atoms. The molecule has 2 atom stereocenters. The van der Waals surface area contributed by atoms with Crippen molar-refractivity contribution < 1.29 is 9.00 Å². The molecule has 20 heavy (non-hydrogen) atoms. The molecule has 1 aliphatic heterocycles. The molecule has 1 aliphatic rings. The van der Waals surface area contributed by atoms with Crippen molar-refractivity contribution in [2.45, 2.75) is 25.0 Å². The zero-order valence-corrected chi connectivity index (χ0v) is 13.4. The van der Waals surface area contributed by atoms with Gasteiger partial charge in [-0.2, -0.15) is 0 Å². The van der Waals surface area contributed by atoms with Gasteiger partial charge < -0.3 is 16.0 Å². The highest BCUT2D eigenvalue weighted by atomic mass is 32.2. The van der Waals surface area contributed by atoms with E-state index in [9.17, 15) is 9.00 Å². The van der Waals surface area contributed by atoms with Crippen molar-refractivity contribution in [3.63, 3.8) is 0 Å². The summed E-state index contributed by atoms with van der Waals surface area (Å²) in [5.74, 6) is 0.0439. The van der Waals surface area contributed by atoms with Crippen LogP contribution in [0.15, 0.2) is 0 Å². The second kappa shape index (κ2) is 6.53. The molecule has 2 unspecified atom stereocenters. The minimum Gasteiger partial charge on any atom is -0.382 e. The summed E-state index contributed by atoms with van der Waals surface area (Å²) in [6, 6.07) is 0. The maximum Gasteiger partial charge on any atom is 0.265 e. The van der Waals surface area contributed by atoms with Crippen molar-refractivity contribution >= 4 is 39.0 Å². The monoisotopic (exact) mass is 316 g/mol. The number of anilines is 2. The molecule has 112 valence electrons. The van der Waals surface area contributed by atoms with Crippen LogP contribution in [0.3, 0.4) is 0 Å². The molecule has 0 aromatic carbocycles. The Morgan fingerprint density at radius 2 is 2.20 bits per heavy atom. The second-order valence-electron chi connectivity index (χ2n) is 4.92. The van der Waals surface area contributed by atoms with Gasteiger partial charge in [0.2, 0.25) is 0 Å². The molecule has 8 heteroatoms. The molecule has 1 aromatic rings. The molecule has 3 N–H and O–H groups in total. The summed E-state index contributed by atoms with van der Waals surface area (Å²) in [6.45, 7) is 4.15. The maximum atomic E-state index is 12.1. The Hall–Kier alpha value is -1.15. The second-order valence-corrected chi connectivity index (χ2v) is 7.70. The number of nitrogen functional groups attached to an aromatic ring is 1. The minimum absolute atomic E-state index is 0.0776. The van der Waals surface area contributed by atoms with Gasteiger partial charge in [0, 0.05) is 41.9 Å². The minimum atomic E-state index is -0.952. The van der Waals surface area contributed by atoms with Crippen molar-refractivity contribution in [1.82, 2.24) is 10.3 Å². The molecule has 1 saturated heterocycles. The van der Waals surface area contributed by atoms with E-state index in [1.165, 1.54) is 11.3 Å². The van der Waals surface area contributed by atoms with E-state index in [0.29, 0.717) is 11.4 Å². The van der Waals surface area contributed by atoms with Crippen molar-refractivity contribution in [2.75, 3.05) is 36.5 Å². The van der Waals surface area contributed by atoms with E-state index in [1.807, 2.05) is 6.92 Å². The average Bonchev–Trinajstić information content (AvgIpc) is 3.04. The lowest BCUT2D eigenvalue weighted by Gasteiger charge is -2.12. The van der Waals surface area contributed by atoms with Gasteiger partial charge in [0.25, 0.3) is 5.91 Å². The van der Waals surface area contributed by atoms with Crippen molar-refractivity contribution in [1.29, 1.82) is 0 Å². The molecular weight excluding hydrogens is 296 g/mol. The molecule has 2 heterocycles. The van der Waals surface area contributed by atoms with Crippen LogP contribution in [-0.4, -0.2) is 46.2 Å². The number of hydrogen-bond acceptors (Lipinski definition) is 6. The summed E-state index contributed by atoms with van der Waals surface area (Å²) in [5.41, 5.74) is 5.83. The van der Waals surface area contributed by atoms with Crippen molar-refractivity contribution in [2.24, 2.45) is 0 Å². The largest absolute Gasteiger partial charge is 0.382 e. The van der Waals surface area contributed by atoms with E-state index in [4.69, 9.17) is 5.73 Å². The van der Waals surface area contributed by atoms with Gasteiger partial charge in [-0.15, -0.1) is 0 Å². The molecule has 2 rings (SSSR count). The van der Waals surface area contributed by atoms with Gasteiger partial charge in [0.15, 0.2) is 5.13 Å². The molecule has 0 saturated carbocycles. The van der Waals surface area contributed by atoms with Crippen LogP contribution in [0.1, 0.15) is 29.4 Å². The van der Waals surface area contributed by atoms with Crippen molar-refractivity contribution in [3.8, 4) is 0 Å². The Morgan fingerprint density at radius 3 is 2.80 bits per heavy atom. The van der Waals surface area contributed by atoms with Gasteiger partial charge in [-0.05, 0) is 19.8 Å². The molecule has 1 amide bonds. The zero-order chi connectivity index (χ0) is 14.7. The highest BCUT2D eigenvalue weighted by molar-refractivity contribution is 7.84. The fraction of sp³-hybridized carbons (Fsp3) is 0.667. The van der Waals surface area contributed by atoms with Gasteiger partial charge >= 0.3 is 0 Å². The first-order chi connectivity index (χ1) is 9.49. The number of nitrogens with zero attached hydrogens (tertiary/aromatic N) is 2. The van der Waals surface area contributed by atoms with Gasteiger partial charge in [-0.25, -0.2) is 4.98 Å². The van der Waals surface area contributed by atoms with Crippen LogP contribution in [0, 0.1) is 0 Å². The summed E-state index contributed by atoms with van der Waals surface area (Å²) < 4.78 is 11.3. The number of aromatic nitrogens is 1. The molecule has 1 fully saturated rings. The predicted octanol–water partition coefficient (Wildman–Crippen LogP) is 0.822. The first kappa shape index (κ1) is 15.2. The molecule has 0 aliphatic carbocycles. The highest BCUT2D eigenvalue weighted by Gasteiger charge is 2.22. The lowest BCUT2D eigenvalue weighted by Crippen LogP contribution is -2.32. The molecule has 1 aromatic heterocycles. The Morgan fingerprint density at radius 1 is 1.55 bits per heavy atom. The standard InChI is InChI=1S/C12H20N4O2S2/c1-8(20(2)18)7-14-11(17)9-10(13)15-12(19-9)16-5-3-4-6-16/h8H,3-7,13H2,1-2H3,(H,14,17). The number of nitrogens with one attached hydrogen (secondary N) is 1. The molecular formula is C12H20N4O2S2. The third-order valence-electron chi connectivity index (χ3n) is 3.34. The number of carbonyl (C=O) groups excluding carboxylic acids is 1. The first-order valence-electron chi connectivity index (χ1n) is 6.60. The van der Waals surface area contributed by atoms with E-state index in [1.54, 1.807) is 6.26 Å². The SMILES string of the molecule is CC(CNC(=O)c1sc(N2CCCC2)nc1N)S(C)=O. The van der Waals surface area contributed by atoms with Crippen LogP contribution < -0.4 is 16.0 Å². The predicted molar refractivity (Wildman–Crippen MR) is 83.8 cm³/mol. The quantitative estimate of drug-likeness (QED) is 0.840. The fourth-order valence-corrected chi connectivity index (χ4v) is 3.23. The third-order valence-corrected chi connectivity index (χ3v) is 5.77. The third kappa shape index (κ3) is 3.49. The smallest absolute Gasteiger partial charge is 0.265 e. The van der Waals surface area contributed by atoms with Crippen LogP contribution in [-0.2, 0) is 10.8 Å². The number of carbonyl (C=O) groups is 1. The zero-order valence-electron chi connectivity index (χ0n) is 11.7. The lowest BCUT2D eigenvalue weighted by atomic mass is 10.4. The number of thiazole rings is 1. The Labute approximate surface area is 125 Å². The van der Waals surface area contributed by atoms with Crippen LogP contribution in [0.2, 0.25) is 0 Å². The van der Waals surface area contributed by atoms with Gasteiger partial charge in [-0.3, -0.25) is 9.00 Å². The summed E-state index contributed by atoms with van der Waals surface area (Å²) >= 11 is 1.33. The van der Waals surface area contributed by atoms with Crippen LogP contribution in [0.25, 0.3) is 0 Å². The van der Waals surface area contributed by atoms with Crippen LogP contribution in [0.4, 0.5) is 10.9 Å². The summed E-state index contributed by atoms with van der Waals surface area (Å²) in [6.07, 6.45) is 3.94. The fourth-order valence-electron chi connectivity index (χ4n) is 1.96. The number of amides is 1. The van der Waals surface area contributed by atoms with E-state index >= 15 is 0 Å². The number of nitrogens with two attached hydrogens (primary N) is 1. The normalized spacial score (nSPS) is 18.0. The van der Waals surface area contributed by atoms with E-state index < -0.39 is 10.8 Å². The molecule has 0 bridgehead atoms. The van der Waals surface area contributed by atoms with E-state index in [2.05, 4.69) is 15.2 Å². The van der Waals surface area contributed by atoms with Gasteiger partial charge in [0.05, 0.1) is 0 Å². The summed E-state index contributed by atoms with van der Waals surface area (Å²) in [5, 5.41) is 3.50. The maximum absolute atomic E-state index is 12.1. The van der Waals surface area contributed by atoms with Gasteiger partial charge in [0.1, 0.15) is 10.7 Å². The topological polar surface area (TPSA) is 88.3 Å². The Bertz CT molecular complexity index is 512. The lowest BCUT2D eigenvalue weighted by molar-refractivity contribution is 0.0959. The summed E-state index contributed by atoms with van der Waals surface area (Å²) in [7, 11) is -0.952. The first-order valence-corrected chi connectivity index (χ1v) is 9.04. The number of rotatable bonds is 5. The van der Waals surface area contributed by atoms with E-state index in [0.717, 1.165) is 31.1 Å². The highest BCUT2D eigenvalue weighted by Crippen LogP contribution is 2.30. The number of hydrogen-bond donors (Lipinski definition) is 2. The molecule has 0 radical (unpaired) electrons. The van der Waals surface area contributed by atoms with Crippen LogP contribution in [0.5, 0.6) is 0 Å². The van der Waals surface area contributed by atoms with Gasteiger partial charge in [-0.1, -0.05) is 11.3 Å². The Kier molecular flexibility index (Phi) is 4.98. The van der Waals surface area contributed by atoms with Crippen LogP contribution >= 0.6 is 11.3 Å². The van der Waals surface area contributed by atoms with Crippen molar-refractivity contribution in [3.05, 3.63) is 4.88 Å². The summed E-state index contributed by atoms with van der Waals surface area (Å²) in [4.78, 5) is 19.0. The Balaban J connectivity index is 2.00. The molecule has 6 nitrogen and oxygen atoms in total. The van der Waals surface area contributed by atoms with E-state index in [-0.39, 0.29) is 17.0 Å².